The average molecular weight is 376 g/mol. The average Bonchev–Trinajstić information content (AvgIpc) is 3.05. The lowest BCUT2D eigenvalue weighted by atomic mass is 9.82. The Morgan fingerprint density at radius 1 is 1.33 bits per heavy atom. The smallest absolute Gasteiger partial charge is 0.268 e. The highest BCUT2D eigenvalue weighted by Gasteiger charge is 2.26. The molecule has 0 saturated heterocycles. The molecule has 6 N–H and O–H groups in total. The Bertz CT molecular complexity index is 771. The molecule has 1 heterocycles. The summed E-state index contributed by atoms with van der Waals surface area (Å²) in [4.78, 5) is 16.0. The van der Waals surface area contributed by atoms with Gasteiger partial charge in [-0.1, -0.05) is 19.3 Å². The van der Waals surface area contributed by atoms with Crippen molar-refractivity contribution in [2.24, 2.45) is 11.5 Å². The SMILES string of the molecule is NCCOC[C@H](N)CNC(=O)c1[nH]c2ccc(F)cc2c1C1CCCCC1. The van der Waals surface area contributed by atoms with Crippen LogP contribution in [0.25, 0.3) is 10.9 Å². The fourth-order valence-corrected chi connectivity index (χ4v) is 3.87. The van der Waals surface area contributed by atoms with E-state index >= 15 is 0 Å². The number of nitrogens with one attached hydrogen (secondary N) is 2. The van der Waals surface area contributed by atoms with Gasteiger partial charge in [-0.05, 0) is 42.5 Å². The Kier molecular flexibility index (Phi) is 6.82. The number of H-pyrrole nitrogens is 1. The molecule has 7 heteroatoms. The van der Waals surface area contributed by atoms with Crippen LogP contribution in [0, 0.1) is 5.82 Å². The summed E-state index contributed by atoms with van der Waals surface area (Å²) in [6.45, 7) is 1.53. The number of rotatable bonds is 8. The zero-order valence-electron chi connectivity index (χ0n) is 15.6. The van der Waals surface area contributed by atoms with Crippen molar-refractivity contribution in [1.82, 2.24) is 10.3 Å². The van der Waals surface area contributed by atoms with E-state index in [1.54, 1.807) is 6.07 Å². The van der Waals surface area contributed by atoms with E-state index in [2.05, 4.69) is 10.3 Å². The first-order chi connectivity index (χ1) is 13.1. The highest BCUT2D eigenvalue weighted by atomic mass is 19.1. The quantitative estimate of drug-likeness (QED) is 0.531. The molecule has 1 amide bonds. The van der Waals surface area contributed by atoms with Crippen LogP contribution in [0.4, 0.5) is 4.39 Å². The molecule has 1 atom stereocenters. The minimum atomic E-state index is -0.305. The number of fused-ring (bicyclic) bond motifs is 1. The molecule has 27 heavy (non-hydrogen) atoms. The molecule has 1 aliphatic carbocycles. The van der Waals surface area contributed by atoms with E-state index in [9.17, 15) is 9.18 Å². The summed E-state index contributed by atoms with van der Waals surface area (Å²) < 4.78 is 19.2. The molecule has 0 radical (unpaired) electrons. The molecule has 2 aromatic rings. The number of carbonyl (C=O) groups is 1. The number of halogens is 1. The summed E-state index contributed by atoms with van der Waals surface area (Å²) in [5.41, 5.74) is 13.6. The van der Waals surface area contributed by atoms with E-state index in [0.29, 0.717) is 32.0 Å². The monoisotopic (exact) mass is 376 g/mol. The third-order valence-corrected chi connectivity index (χ3v) is 5.16. The number of aromatic nitrogens is 1. The van der Waals surface area contributed by atoms with Crippen LogP contribution in [0.2, 0.25) is 0 Å². The predicted molar refractivity (Wildman–Crippen MR) is 104 cm³/mol. The molecule has 3 rings (SSSR count). The van der Waals surface area contributed by atoms with Gasteiger partial charge in [-0.2, -0.15) is 0 Å². The first kappa shape index (κ1) is 19.8. The lowest BCUT2D eigenvalue weighted by Gasteiger charge is -2.23. The van der Waals surface area contributed by atoms with Gasteiger partial charge in [0.15, 0.2) is 0 Å². The van der Waals surface area contributed by atoms with Crippen LogP contribution >= 0.6 is 0 Å². The summed E-state index contributed by atoms with van der Waals surface area (Å²) in [5, 5.41) is 3.69. The third-order valence-electron chi connectivity index (χ3n) is 5.16. The molecule has 1 aromatic carbocycles. The van der Waals surface area contributed by atoms with E-state index in [1.165, 1.54) is 18.6 Å². The number of amides is 1. The van der Waals surface area contributed by atoms with E-state index in [1.807, 2.05) is 0 Å². The van der Waals surface area contributed by atoms with Crippen molar-refractivity contribution in [2.75, 3.05) is 26.3 Å². The Morgan fingerprint density at radius 2 is 2.11 bits per heavy atom. The highest BCUT2D eigenvalue weighted by molar-refractivity contribution is 6.01. The number of hydrogen-bond donors (Lipinski definition) is 4. The number of hydrogen-bond acceptors (Lipinski definition) is 4. The van der Waals surface area contributed by atoms with Crippen LogP contribution in [0.15, 0.2) is 18.2 Å². The molecule has 1 fully saturated rings. The Labute approximate surface area is 158 Å². The summed E-state index contributed by atoms with van der Waals surface area (Å²) in [6.07, 6.45) is 5.53. The number of benzene rings is 1. The summed E-state index contributed by atoms with van der Waals surface area (Å²) in [6, 6.07) is 4.33. The normalized spacial score (nSPS) is 16.6. The van der Waals surface area contributed by atoms with E-state index in [-0.39, 0.29) is 23.7 Å². The Hall–Kier alpha value is -1.96. The fourth-order valence-electron chi connectivity index (χ4n) is 3.87. The van der Waals surface area contributed by atoms with Gasteiger partial charge in [0.1, 0.15) is 11.5 Å². The number of nitrogens with two attached hydrogens (primary N) is 2. The van der Waals surface area contributed by atoms with Gasteiger partial charge in [0.25, 0.3) is 5.91 Å². The molecule has 1 aliphatic rings. The maximum absolute atomic E-state index is 13.8. The van der Waals surface area contributed by atoms with Gasteiger partial charge in [0, 0.05) is 30.0 Å². The van der Waals surface area contributed by atoms with Crippen molar-refractivity contribution in [3.8, 4) is 0 Å². The van der Waals surface area contributed by atoms with Gasteiger partial charge in [0.05, 0.1) is 13.2 Å². The third kappa shape index (κ3) is 4.86. The van der Waals surface area contributed by atoms with Crippen LogP contribution in [-0.4, -0.2) is 43.2 Å². The standard InChI is InChI=1S/C20H29FN4O2/c21-14-6-7-17-16(10-14)18(13-4-2-1-3-5-13)19(25-17)20(26)24-11-15(23)12-27-9-8-22/h6-7,10,13,15,25H,1-5,8-9,11-12,22-23H2,(H,24,26)/t15-/m1/s1. The molecule has 0 aliphatic heterocycles. The van der Waals surface area contributed by atoms with Gasteiger partial charge in [-0.15, -0.1) is 0 Å². The molecular weight excluding hydrogens is 347 g/mol. The number of ether oxygens (including phenoxy) is 1. The van der Waals surface area contributed by atoms with Crippen molar-refractivity contribution in [3.05, 3.63) is 35.3 Å². The van der Waals surface area contributed by atoms with Crippen molar-refractivity contribution in [2.45, 2.75) is 44.1 Å². The maximum Gasteiger partial charge on any atom is 0.268 e. The van der Waals surface area contributed by atoms with Gasteiger partial charge >= 0.3 is 0 Å². The molecule has 6 nitrogen and oxygen atoms in total. The molecular formula is C20H29FN4O2. The second-order valence-corrected chi connectivity index (χ2v) is 7.27. The zero-order chi connectivity index (χ0) is 19.2. The van der Waals surface area contributed by atoms with E-state index < -0.39 is 0 Å². The van der Waals surface area contributed by atoms with Gasteiger partial charge in [-0.3, -0.25) is 4.79 Å². The van der Waals surface area contributed by atoms with Crippen molar-refractivity contribution in [1.29, 1.82) is 0 Å². The molecule has 0 bridgehead atoms. The molecule has 0 unspecified atom stereocenters. The van der Waals surface area contributed by atoms with Crippen molar-refractivity contribution >= 4 is 16.8 Å². The van der Waals surface area contributed by atoms with Gasteiger partial charge < -0.3 is 26.5 Å². The topological polar surface area (TPSA) is 106 Å². The lowest BCUT2D eigenvalue weighted by molar-refractivity contribution is 0.0927. The maximum atomic E-state index is 13.8. The van der Waals surface area contributed by atoms with Crippen LogP contribution in [0.5, 0.6) is 0 Å². The summed E-state index contributed by atoms with van der Waals surface area (Å²) in [5.74, 6) is -0.220. The van der Waals surface area contributed by atoms with Crippen molar-refractivity contribution in [3.63, 3.8) is 0 Å². The summed E-state index contributed by atoms with van der Waals surface area (Å²) >= 11 is 0. The van der Waals surface area contributed by atoms with Gasteiger partial charge in [0.2, 0.25) is 0 Å². The largest absolute Gasteiger partial charge is 0.378 e. The fraction of sp³-hybridized carbons (Fsp3) is 0.550. The minimum Gasteiger partial charge on any atom is -0.378 e. The lowest BCUT2D eigenvalue weighted by Crippen LogP contribution is -2.40. The predicted octanol–water partition coefficient (Wildman–Crippen LogP) is 2.39. The second-order valence-electron chi connectivity index (χ2n) is 7.27. The number of aromatic amines is 1. The summed E-state index contributed by atoms with van der Waals surface area (Å²) in [7, 11) is 0. The zero-order valence-corrected chi connectivity index (χ0v) is 15.6. The first-order valence-corrected chi connectivity index (χ1v) is 9.73. The molecule has 1 saturated carbocycles. The van der Waals surface area contributed by atoms with Crippen LogP contribution < -0.4 is 16.8 Å². The van der Waals surface area contributed by atoms with Crippen molar-refractivity contribution < 1.29 is 13.9 Å². The molecule has 148 valence electrons. The van der Waals surface area contributed by atoms with Crippen LogP contribution in [-0.2, 0) is 4.74 Å². The minimum absolute atomic E-state index is 0.207. The van der Waals surface area contributed by atoms with E-state index in [4.69, 9.17) is 16.2 Å². The molecule has 0 spiro atoms. The molecule has 1 aromatic heterocycles. The van der Waals surface area contributed by atoms with Crippen LogP contribution in [0.3, 0.4) is 0 Å². The number of carbonyl (C=O) groups excluding carboxylic acids is 1. The van der Waals surface area contributed by atoms with Gasteiger partial charge in [-0.25, -0.2) is 4.39 Å². The second kappa shape index (κ2) is 9.30. The highest BCUT2D eigenvalue weighted by Crippen LogP contribution is 2.38. The Morgan fingerprint density at radius 3 is 2.85 bits per heavy atom. The first-order valence-electron chi connectivity index (χ1n) is 9.73. The Balaban J connectivity index is 1.79. The van der Waals surface area contributed by atoms with Crippen LogP contribution in [0.1, 0.15) is 54.1 Å². The van der Waals surface area contributed by atoms with E-state index in [0.717, 1.165) is 42.1 Å².